The Morgan fingerprint density at radius 3 is 2.08 bits per heavy atom. The van der Waals surface area contributed by atoms with Crippen LogP contribution in [0.5, 0.6) is 0 Å². The van der Waals surface area contributed by atoms with Crippen molar-refractivity contribution in [1.82, 2.24) is 9.97 Å². The number of rotatable bonds is 5. The van der Waals surface area contributed by atoms with Gasteiger partial charge in [0.25, 0.3) is 0 Å². The second-order valence-corrected chi connectivity index (χ2v) is 6.02. The number of nitrogens with zero attached hydrogens (tertiary/aromatic N) is 3. The highest BCUT2D eigenvalue weighted by molar-refractivity contribution is 5.64. The van der Waals surface area contributed by atoms with Crippen LogP contribution in [0.3, 0.4) is 0 Å². The van der Waals surface area contributed by atoms with Crippen molar-refractivity contribution in [3.63, 3.8) is 0 Å². The molecule has 0 aliphatic heterocycles. The average molecular weight is 349 g/mol. The Morgan fingerprint density at radius 2 is 1.54 bits per heavy atom. The molecule has 26 heavy (non-hydrogen) atoms. The molecule has 1 aromatic heterocycles. The summed E-state index contributed by atoms with van der Waals surface area (Å²) in [7, 11) is 0. The standard InChI is InChI=1S/C21H17F2N3/c1-2-3-4-14-5-7-15(8-6-14)17-12-25-21(26-13-17)16-9-19(22)18(11-24)20(23)10-16/h5-10,12-13H,2-4H2,1H3. The van der Waals surface area contributed by atoms with Crippen LogP contribution in [0.1, 0.15) is 30.9 Å². The summed E-state index contributed by atoms with van der Waals surface area (Å²) in [5, 5.41) is 8.73. The molecule has 3 rings (SSSR count). The first-order valence-electron chi connectivity index (χ1n) is 8.43. The Morgan fingerprint density at radius 1 is 0.923 bits per heavy atom. The fraction of sp³-hybridized carbons (Fsp3) is 0.190. The first kappa shape index (κ1) is 17.7. The molecule has 0 atom stereocenters. The van der Waals surface area contributed by atoms with Gasteiger partial charge in [-0.05, 0) is 36.1 Å². The zero-order valence-corrected chi connectivity index (χ0v) is 14.3. The van der Waals surface area contributed by atoms with Crippen LogP contribution in [0.4, 0.5) is 8.78 Å². The number of aromatic nitrogens is 2. The summed E-state index contributed by atoms with van der Waals surface area (Å²) in [6.07, 6.45) is 6.62. The van der Waals surface area contributed by atoms with Gasteiger partial charge in [-0.3, -0.25) is 0 Å². The van der Waals surface area contributed by atoms with Crippen molar-refractivity contribution in [1.29, 1.82) is 5.26 Å². The molecule has 2 aromatic carbocycles. The highest BCUT2D eigenvalue weighted by Gasteiger charge is 2.13. The lowest BCUT2D eigenvalue weighted by atomic mass is 10.0. The normalized spacial score (nSPS) is 10.5. The van der Waals surface area contributed by atoms with E-state index in [0.29, 0.717) is 0 Å². The van der Waals surface area contributed by atoms with Crippen LogP contribution in [-0.2, 0) is 6.42 Å². The van der Waals surface area contributed by atoms with E-state index in [1.807, 2.05) is 12.1 Å². The van der Waals surface area contributed by atoms with Gasteiger partial charge in [0.15, 0.2) is 5.82 Å². The number of hydrogen-bond acceptors (Lipinski definition) is 3. The van der Waals surface area contributed by atoms with Gasteiger partial charge in [0, 0.05) is 23.5 Å². The van der Waals surface area contributed by atoms with Crippen molar-refractivity contribution in [2.24, 2.45) is 0 Å². The lowest BCUT2D eigenvalue weighted by molar-refractivity contribution is 0.577. The molecule has 130 valence electrons. The molecule has 5 heteroatoms. The Labute approximate surface area is 151 Å². The van der Waals surface area contributed by atoms with E-state index in [-0.39, 0.29) is 11.4 Å². The fourth-order valence-corrected chi connectivity index (χ4v) is 2.68. The minimum absolute atomic E-state index is 0.195. The van der Waals surface area contributed by atoms with Crippen molar-refractivity contribution in [2.45, 2.75) is 26.2 Å². The molecule has 3 aromatic rings. The van der Waals surface area contributed by atoms with Crippen molar-refractivity contribution in [3.8, 4) is 28.6 Å². The molecular weight excluding hydrogens is 332 g/mol. The first-order valence-corrected chi connectivity index (χ1v) is 8.43. The third-order valence-electron chi connectivity index (χ3n) is 4.17. The summed E-state index contributed by atoms with van der Waals surface area (Å²) in [5.74, 6) is -1.63. The van der Waals surface area contributed by atoms with Crippen molar-refractivity contribution < 1.29 is 8.78 Å². The summed E-state index contributed by atoms with van der Waals surface area (Å²) in [5.41, 5.74) is 2.69. The first-order chi connectivity index (χ1) is 12.6. The van der Waals surface area contributed by atoms with E-state index < -0.39 is 17.2 Å². The van der Waals surface area contributed by atoms with Crippen LogP contribution in [0.15, 0.2) is 48.8 Å². The van der Waals surface area contributed by atoms with Gasteiger partial charge in [-0.15, -0.1) is 0 Å². The second-order valence-electron chi connectivity index (χ2n) is 6.02. The van der Waals surface area contributed by atoms with E-state index in [0.717, 1.165) is 42.5 Å². The summed E-state index contributed by atoms with van der Waals surface area (Å²) < 4.78 is 27.5. The summed E-state index contributed by atoms with van der Waals surface area (Å²) in [6, 6.07) is 11.8. The molecule has 0 bridgehead atoms. The molecule has 0 saturated carbocycles. The van der Waals surface area contributed by atoms with E-state index >= 15 is 0 Å². The summed E-state index contributed by atoms with van der Waals surface area (Å²) >= 11 is 0. The quantitative estimate of drug-likeness (QED) is 0.628. The third-order valence-corrected chi connectivity index (χ3v) is 4.17. The van der Waals surface area contributed by atoms with Gasteiger partial charge in [0.2, 0.25) is 0 Å². The average Bonchev–Trinajstić information content (AvgIpc) is 2.67. The van der Waals surface area contributed by atoms with Gasteiger partial charge in [0.1, 0.15) is 23.3 Å². The zero-order valence-electron chi connectivity index (χ0n) is 14.3. The van der Waals surface area contributed by atoms with Crippen LogP contribution in [0.25, 0.3) is 22.5 Å². The van der Waals surface area contributed by atoms with Crippen molar-refractivity contribution in [2.75, 3.05) is 0 Å². The van der Waals surface area contributed by atoms with Crippen LogP contribution >= 0.6 is 0 Å². The molecule has 0 saturated heterocycles. The predicted molar refractivity (Wildman–Crippen MR) is 96.1 cm³/mol. The SMILES string of the molecule is CCCCc1ccc(-c2cnc(-c3cc(F)c(C#N)c(F)c3)nc2)cc1. The second kappa shape index (κ2) is 7.83. The van der Waals surface area contributed by atoms with Gasteiger partial charge >= 0.3 is 0 Å². The molecule has 0 radical (unpaired) electrons. The molecule has 0 aliphatic rings. The van der Waals surface area contributed by atoms with Crippen LogP contribution in [0.2, 0.25) is 0 Å². The van der Waals surface area contributed by atoms with E-state index in [9.17, 15) is 8.78 Å². The van der Waals surface area contributed by atoms with E-state index in [1.165, 1.54) is 11.6 Å². The molecule has 0 fully saturated rings. The van der Waals surface area contributed by atoms with Gasteiger partial charge in [-0.1, -0.05) is 37.6 Å². The number of halogens is 2. The molecule has 1 heterocycles. The number of aryl methyl sites for hydroxylation is 1. The number of nitriles is 1. The highest BCUT2D eigenvalue weighted by atomic mass is 19.1. The number of hydrogen-bond donors (Lipinski definition) is 0. The Balaban J connectivity index is 1.84. The molecule has 0 N–H and O–H groups in total. The molecule has 0 unspecified atom stereocenters. The Hall–Kier alpha value is -3.13. The summed E-state index contributed by atoms with van der Waals surface area (Å²) in [4.78, 5) is 8.42. The predicted octanol–water partition coefficient (Wildman–Crippen LogP) is 5.30. The van der Waals surface area contributed by atoms with Gasteiger partial charge < -0.3 is 0 Å². The van der Waals surface area contributed by atoms with Crippen molar-refractivity contribution in [3.05, 3.63) is 71.6 Å². The fourth-order valence-electron chi connectivity index (χ4n) is 2.68. The molecule has 0 amide bonds. The van der Waals surface area contributed by atoms with E-state index in [1.54, 1.807) is 12.4 Å². The minimum Gasteiger partial charge on any atom is -0.236 e. The topological polar surface area (TPSA) is 49.6 Å². The third kappa shape index (κ3) is 3.75. The van der Waals surface area contributed by atoms with Gasteiger partial charge in [-0.25, -0.2) is 18.7 Å². The highest BCUT2D eigenvalue weighted by Crippen LogP contribution is 2.24. The minimum atomic E-state index is -0.919. The van der Waals surface area contributed by atoms with E-state index in [2.05, 4.69) is 29.0 Å². The maximum absolute atomic E-state index is 13.7. The van der Waals surface area contributed by atoms with Crippen molar-refractivity contribution >= 4 is 0 Å². The van der Waals surface area contributed by atoms with Gasteiger partial charge in [0.05, 0.1) is 0 Å². The van der Waals surface area contributed by atoms with Gasteiger partial charge in [-0.2, -0.15) is 5.26 Å². The lowest BCUT2D eigenvalue weighted by Gasteiger charge is -2.06. The summed E-state index contributed by atoms with van der Waals surface area (Å²) in [6.45, 7) is 2.17. The van der Waals surface area contributed by atoms with Crippen LogP contribution in [-0.4, -0.2) is 9.97 Å². The van der Waals surface area contributed by atoms with Crippen LogP contribution in [0, 0.1) is 23.0 Å². The monoisotopic (exact) mass is 349 g/mol. The van der Waals surface area contributed by atoms with E-state index in [4.69, 9.17) is 5.26 Å². The Kier molecular flexibility index (Phi) is 5.33. The molecule has 3 nitrogen and oxygen atoms in total. The molecule has 0 spiro atoms. The maximum Gasteiger partial charge on any atom is 0.159 e. The Bertz CT molecular complexity index is 919. The number of unbranched alkanes of at least 4 members (excludes halogenated alkanes) is 1. The number of benzene rings is 2. The smallest absolute Gasteiger partial charge is 0.159 e. The lowest BCUT2D eigenvalue weighted by Crippen LogP contribution is -1.95. The molecular formula is C21H17F2N3. The maximum atomic E-state index is 13.7. The zero-order chi connectivity index (χ0) is 18.5. The van der Waals surface area contributed by atoms with Crippen LogP contribution < -0.4 is 0 Å². The largest absolute Gasteiger partial charge is 0.236 e. The molecule has 0 aliphatic carbocycles.